The van der Waals surface area contributed by atoms with Gasteiger partial charge in [-0.1, -0.05) is 58.8 Å². The van der Waals surface area contributed by atoms with Gasteiger partial charge in [0, 0.05) is 20.1 Å². The van der Waals surface area contributed by atoms with E-state index in [9.17, 15) is 0 Å². The van der Waals surface area contributed by atoms with Crippen LogP contribution in [-0.4, -0.2) is 20.5 Å². The van der Waals surface area contributed by atoms with Gasteiger partial charge in [0.1, 0.15) is 0 Å². The topological polar surface area (TPSA) is 18.5 Å². The Labute approximate surface area is 108 Å². The van der Waals surface area contributed by atoms with Gasteiger partial charge in [0.25, 0.3) is 0 Å². The van der Waals surface area contributed by atoms with E-state index in [4.69, 9.17) is 9.47 Å². The fraction of sp³-hybridized carbons (Fsp3) is 1.00. The SMILES string of the molecule is CCCCCCCCCC(CC)C(OC)OC. The maximum absolute atomic E-state index is 5.34. The van der Waals surface area contributed by atoms with Crippen LogP contribution in [-0.2, 0) is 9.47 Å². The van der Waals surface area contributed by atoms with Crippen LogP contribution < -0.4 is 0 Å². The quantitative estimate of drug-likeness (QED) is 0.363. The van der Waals surface area contributed by atoms with Gasteiger partial charge in [-0.3, -0.25) is 0 Å². The lowest BCUT2D eigenvalue weighted by Gasteiger charge is -2.23. The normalized spacial score (nSPS) is 13.2. The molecule has 0 bridgehead atoms. The van der Waals surface area contributed by atoms with Crippen molar-refractivity contribution in [2.75, 3.05) is 14.2 Å². The van der Waals surface area contributed by atoms with Crippen molar-refractivity contribution in [3.8, 4) is 0 Å². The number of methoxy groups -OCH3 is 2. The Morgan fingerprint density at radius 1 is 0.765 bits per heavy atom. The van der Waals surface area contributed by atoms with Crippen LogP contribution in [0.25, 0.3) is 0 Å². The minimum absolute atomic E-state index is 0.0138. The van der Waals surface area contributed by atoms with Gasteiger partial charge in [-0.2, -0.15) is 0 Å². The second kappa shape index (κ2) is 12.4. The summed E-state index contributed by atoms with van der Waals surface area (Å²) in [5.41, 5.74) is 0. The van der Waals surface area contributed by atoms with Crippen LogP contribution >= 0.6 is 0 Å². The van der Waals surface area contributed by atoms with Gasteiger partial charge < -0.3 is 9.47 Å². The fourth-order valence-corrected chi connectivity index (χ4v) is 2.38. The van der Waals surface area contributed by atoms with Crippen molar-refractivity contribution >= 4 is 0 Å². The Kier molecular flexibility index (Phi) is 12.3. The van der Waals surface area contributed by atoms with Crippen molar-refractivity contribution in [1.29, 1.82) is 0 Å². The largest absolute Gasteiger partial charge is 0.356 e. The highest BCUT2D eigenvalue weighted by atomic mass is 16.7. The van der Waals surface area contributed by atoms with E-state index in [0.717, 1.165) is 6.42 Å². The third kappa shape index (κ3) is 8.62. The number of hydrogen-bond donors (Lipinski definition) is 0. The monoisotopic (exact) mass is 244 g/mol. The molecule has 1 unspecified atom stereocenters. The fourth-order valence-electron chi connectivity index (χ4n) is 2.38. The average molecular weight is 244 g/mol. The van der Waals surface area contributed by atoms with Crippen molar-refractivity contribution in [2.24, 2.45) is 5.92 Å². The Bertz CT molecular complexity index is 144. The summed E-state index contributed by atoms with van der Waals surface area (Å²) in [5, 5.41) is 0. The zero-order valence-electron chi connectivity index (χ0n) is 12.3. The van der Waals surface area contributed by atoms with Gasteiger partial charge in [-0.15, -0.1) is 0 Å². The molecule has 0 spiro atoms. The minimum atomic E-state index is -0.0138. The molecule has 0 aromatic carbocycles. The molecule has 0 aromatic heterocycles. The van der Waals surface area contributed by atoms with E-state index < -0.39 is 0 Å². The van der Waals surface area contributed by atoms with Crippen LogP contribution in [0.4, 0.5) is 0 Å². The number of hydrogen-bond acceptors (Lipinski definition) is 2. The lowest BCUT2D eigenvalue weighted by atomic mass is 9.97. The summed E-state index contributed by atoms with van der Waals surface area (Å²) in [7, 11) is 3.48. The first-order valence-corrected chi connectivity index (χ1v) is 7.35. The van der Waals surface area contributed by atoms with Crippen LogP contribution in [0.2, 0.25) is 0 Å². The van der Waals surface area contributed by atoms with Gasteiger partial charge in [0.2, 0.25) is 0 Å². The predicted molar refractivity (Wildman–Crippen MR) is 74.2 cm³/mol. The standard InChI is InChI=1S/C15H32O2/c1-5-7-8-9-10-11-12-13-14(6-2)15(16-3)17-4/h14-15H,5-13H2,1-4H3. The molecule has 0 aliphatic carbocycles. The van der Waals surface area contributed by atoms with Crippen LogP contribution in [0.3, 0.4) is 0 Å². The van der Waals surface area contributed by atoms with Crippen LogP contribution in [0.15, 0.2) is 0 Å². The third-order valence-electron chi connectivity index (χ3n) is 3.55. The number of rotatable bonds is 12. The molecular formula is C15H32O2. The van der Waals surface area contributed by atoms with E-state index in [0.29, 0.717) is 5.92 Å². The van der Waals surface area contributed by atoms with Crippen molar-refractivity contribution in [2.45, 2.75) is 77.9 Å². The maximum Gasteiger partial charge on any atom is 0.159 e. The van der Waals surface area contributed by atoms with E-state index in [-0.39, 0.29) is 6.29 Å². The summed E-state index contributed by atoms with van der Waals surface area (Å²) >= 11 is 0. The first-order valence-electron chi connectivity index (χ1n) is 7.35. The molecule has 2 heteroatoms. The van der Waals surface area contributed by atoms with Crippen molar-refractivity contribution in [3.05, 3.63) is 0 Å². The molecule has 0 N–H and O–H groups in total. The molecule has 0 aliphatic rings. The maximum atomic E-state index is 5.34. The predicted octanol–water partition coefficient (Wildman–Crippen LogP) is 4.77. The summed E-state index contributed by atoms with van der Waals surface area (Å²) in [6.45, 7) is 4.48. The van der Waals surface area contributed by atoms with Crippen molar-refractivity contribution in [3.63, 3.8) is 0 Å². The number of unbranched alkanes of at least 4 members (excludes halogenated alkanes) is 6. The van der Waals surface area contributed by atoms with E-state index in [1.807, 2.05) is 0 Å². The van der Waals surface area contributed by atoms with E-state index in [2.05, 4.69) is 13.8 Å². The Balaban J connectivity index is 3.49. The molecule has 0 heterocycles. The van der Waals surface area contributed by atoms with E-state index >= 15 is 0 Å². The number of ether oxygens (including phenoxy) is 2. The molecule has 17 heavy (non-hydrogen) atoms. The highest BCUT2D eigenvalue weighted by molar-refractivity contribution is 4.61. The molecule has 1 atom stereocenters. The molecule has 0 saturated carbocycles. The van der Waals surface area contributed by atoms with Gasteiger partial charge in [0.15, 0.2) is 6.29 Å². The van der Waals surface area contributed by atoms with E-state index in [1.165, 1.54) is 51.4 Å². The molecular weight excluding hydrogens is 212 g/mol. The summed E-state index contributed by atoms with van der Waals surface area (Å²) in [6.07, 6.45) is 12.0. The smallest absolute Gasteiger partial charge is 0.159 e. The Morgan fingerprint density at radius 2 is 1.29 bits per heavy atom. The third-order valence-corrected chi connectivity index (χ3v) is 3.55. The van der Waals surface area contributed by atoms with Crippen LogP contribution in [0.5, 0.6) is 0 Å². The van der Waals surface area contributed by atoms with Gasteiger partial charge in [-0.25, -0.2) is 0 Å². The molecule has 0 amide bonds. The van der Waals surface area contributed by atoms with Crippen LogP contribution in [0, 0.1) is 5.92 Å². The van der Waals surface area contributed by atoms with Crippen molar-refractivity contribution < 1.29 is 9.47 Å². The Hall–Kier alpha value is -0.0800. The summed E-state index contributed by atoms with van der Waals surface area (Å²) in [5.74, 6) is 0.556. The van der Waals surface area contributed by atoms with Crippen molar-refractivity contribution in [1.82, 2.24) is 0 Å². The lowest BCUT2D eigenvalue weighted by molar-refractivity contribution is -0.139. The second-order valence-corrected chi connectivity index (χ2v) is 4.92. The summed E-state index contributed by atoms with van der Waals surface area (Å²) in [6, 6.07) is 0. The summed E-state index contributed by atoms with van der Waals surface area (Å²) < 4.78 is 10.7. The molecule has 0 saturated heterocycles. The molecule has 0 aromatic rings. The first kappa shape index (κ1) is 16.9. The zero-order valence-corrected chi connectivity index (χ0v) is 12.3. The van der Waals surface area contributed by atoms with E-state index in [1.54, 1.807) is 14.2 Å². The minimum Gasteiger partial charge on any atom is -0.356 e. The average Bonchev–Trinajstić information content (AvgIpc) is 2.36. The highest BCUT2D eigenvalue weighted by Gasteiger charge is 2.18. The Morgan fingerprint density at radius 3 is 1.76 bits per heavy atom. The lowest BCUT2D eigenvalue weighted by Crippen LogP contribution is -2.24. The van der Waals surface area contributed by atoms with Gasteiger partial charge in [0.05, 0.1) is 0 Å². The zero-order chi connectivity index (χ0) is 12.9. The second-order valence-electron chi connectivity index (χ2n) is 4.92. The first-order chi connectivity index (χ1) is 8.29. The van der Waals surface area contributed by atoms with Crippen LogP contribution in [0.1, 0.15) is 71.6 Å². The molecule has 0 aliphatic heterocycles. The van der Waals surface area contributed by atoms with Gasteiger partial charge in [-0.05, 0) is 12.8 Å². The molecule has 0 fully saturated rings. The molecule has 0 radical (unpaired) electrons. The molecule has 0 rings (SSSR count). The van der Waals surface area contributed by atoms with Gasteiger partial charge >= 0.3 is 0 Å². The highest BCUT2D eigenvalue weighted by Crippen LogP contribution is 2.20. The molecule has 104 valence electrons. The summed E-state index contributed by atoms with van der Waals surface area (Å²) in [4.78, 5) is 0. The molecule has 2 nitrogen and oxygen atoms in total.